The molecule has 0 aliphatic carbocycles. The van der Waals surface area contributed by atoms with E-state index in [0.717, 1.165) is 0 Å². The lowest BCUT2D eigenvalue weighted by Crippen LogP contribution is -2.52. The lowest BCUT2D eigenvalue weighted by molar-refractivity contribution is -0.109. The number of hydrogen-bond acceptors (Lipinski definition) is 5. The van der Waals surface area contributed by atoms with E-state index in [1.807, 2.05) is 6.92 Å². The van der Waals surface area contributed by atoms with Crippen molar-refractivity contribution in [3.63, 3.8) is 0 Å². The molecule has 0 aromatic heterocycles. The van der Waals surface area contributed by atoms with E-state index in [1.54, 1.807) is 0 Å². The molecule has 0 aromatic rings. The molecule has 0 saturated heterocycles. The SMILES string of the molecule is CO[Si](OC)(OC)C(C)SC(C)=O. The summed E-state index contributed by atoms with van der Waals surface area (Å²) < 4.78 is 15.7. The van der Waals surface area contributed by atoms with Gasteiger partial charge in [0.1, 0.15) is 0 Å². The third-order valence-corrected chi connectivity index (χ3v) is 6.30. The Kier molecular flexibility index (Phi) is 5.82. The van der Waals surface area contributed by atoms with Crippen LogP contribution in [0.4, 0.5) is 0 Å². The van der Waals surface area contributed by atoms with Gasteiger partial charge in [0.2, 0.25) is 0 Å². The zero-order valence-electron chi connectivity index (χ0n) is 8.62. The molecule has 78 valence electrons. The molecule has 0 rings (SSSR count). The molecule has 1 unspecified atom stereocenters. The summed E-state index contributed by atoms with van der Waals surface area (Å²) in [6.45, 7) is 3.39. The highest BCUT2D eigenvalue weighted by atomic mass is 32.2. The van der Waals surface area contributed by atoms with Crippen LogP contribution in [0.15, 0.2) is 0 Å². The minimum Gasteiger partial charge on any atom is -0.376 e. The van der Waals surface area contributed by atoms with E-state index in [4.69, 9.17) is 13.3 Å². The smallest absolute Gasteiger partial charge is 0.376 e. The Morgan fingerprint density at radius 1 is 1.23 bits per heavy atom. The van der Waals surface area contributed by atoms with Gasteiger partial charge >= 0.3 is 8.80 Å². The van der Waals surface area contributed by atoms with Crippen LogP contribution in [-0.4, -0.2) is 40.1 Å². The topological polar surface area (TPSA) is 44.8 Å². The fourth-order valence-electron chi connectivity index (χ4n) is 1.07. The van der Waals surface area contributed by atoms with E-state index in [-0.39, 0.29) is 9.99 Å². The van der Waals surface area contributed by atoms with Crippen molar-refractivity contribution in [3.05, 3.63) is 0 Å². The Labute approximate surface area is 84.3 Å². The van der Waals surface area contributed by atoms with Gasteiger partial charge < -0.3 is 13.3 Å². The first-order chi connectivity index (χ1) is 6.02. The Morgan fingerprint density at radius 3 is 1.85 bits per heavy atom. The van der Waals surface area contributed by atoms with E-state index in [0.29, 0.717) is 0 Å². The second-order valence-electron chi connectivity index (χ2n) is 2.47. The standard InChI is InChI=1S/C7H16O4SSi/c1-6(8)12-7(2)13(9-3,10-4)11-5/h7H,1-5H3. The molecule has 13 heavy (non-hydrogen) atoms. The van der Waals surface area contributed by atoms with E-state index in [9.17, 15) is 4.79 Å². The average molecular weight is 224 g/mol. The van der Waals surface area contributed by atoms with Crippen LogP contribution in [0.25, 0.3) is 0 Å². The van der Waals surface area contributed by atoms with Gasteiger partial charge in [0.25, 0.3) is 0 Å². The van der Waals surface area contributed by atoms with Crippen LogP contribution in [0.2, 0.25) is 0 Å². The van der Waals surface area contributed by atoms with Crippen LogP contribution in [-0.2, 0) is 18.1 Å². The molecule has 6 heteroatoms. The first-order valence-electron chi connectivity index (χ1n) is 3.85. The first kappa shape index (κ1) is 13.1. The Balaban J connectivity index is 4.43. The van der Waals surface area contributed by atoms with Gasteiger partial charge in [0.05, 0.1) is 4.87 Å². The fraction of sp³-hybridized carbons (Fsp3) is 0.857. The summed E-state index contributed by atoms with van der Waals surface area (Å²) in [6.07, 6.45) is 0. The molecule has 0 amide bonds. The highest BCUT2D eigenvalue weighted by molar-refractivity contribution is 8.15. The molecule has 1 atom stereocenters. The second kappa shape index (κ2) is 5.76. The molecule has 0 aromatic carbocycles. The molecular formula is C7H16O4SSi. The summed E-state index contributed by atoms with van der Waals surface area (Å²) in [7, 11) is 1.97. The maximum Gasteiger partial charge on any atom is 0.514 e. The van der Waals surface area contributed by atoms with E-state index < -0.39 is 8.80 Å². The van der Waals surface area contributed by atoms with Gasteiger partial charge in [-0.05, 0) is 6.92 Å². The summed E-state index contributed by atoms with van der Waals surface area (Å²) in [5.74, 6) is 0. The zero-order valence-corrected chi connectivity index (χ0v) is 10.4. The normalized spacial score (nSPS) is 14.2. The number of carbonyl (C=O) groups excluding carboxylic acids is 1. The lowest BCUT2D eigenvalue weighted by Gasteiger charge is -2.28. The molecule has 0 aliphatic rings. The third kappa shape index (κ3) is 3.39. The van der Waals surface area contributed by atoms with Crippen molar-refractivity contribution in [2.75, 3.05) is 21.3 Å². The molecule has 0 bridgehead atoms. The minimum absolute atomic E-state index is 0.0375. The fourth-order valence-corrected chi connectivity index (χ4v) is 5.00. The van der Waals surface area contributed by atoms with Gasteiger partial charge in [0.15, 0.2) is 5.12 Å². The Hall–Kier alpha value is 0.117. The number of carbonyl (C=O) groups is 1. The van der Waals surface area contributed by atoms with Crippen LogP contribution in [0, 0.1) is 0 Å². The predicted octanol–water partition coefficient (Wildman–Crippen LogP) is 1.07. The van der Waals surface area contributed by atoms with Gasteiger partial charge in [-0.3, -0.25) is 4.79 Å². The lowest BCUT2D eigenvalue weighted by atomic mass is 10.9. The van der Waals surface area contributed by atoms with Crippen LogP contribution in [0.3, 0.4) is 0 Å². The maximum absolute atomic E-state index is 10.9. The average Bonchev–Trinajstić information content (AvgIpc) is 2.07. The van der Waals surface area contributed by atoms with Gasteiger partial charge in [-0.25, -0.2) is 0 Å². The summed E-state index contributed by atoms with van der Waals surface area (Å²) in [6, 6.07) is 0. The Bertz CT molecular complexity index is 164. The van der Waals surface area contributed by atoms with Crippen LogP contribution >= 0.6 is 11.8 Å². The summed E-state index contributed by atoms with van der Waals surface area (Å²) in [5, 5.41) is 0.0375. The van der Waals surface area contributed by atoms with Crippen molar-refractivity contribution >= 4 is 25.7 Å². The molecule has 4 nitrogen and oxygen atoms in total. The highest BCUT2D eigenvalue weighted by Crippen LogP contribution is 2.23. The van der Waals surface area contributed by atoms with Crippen molar-refractivity contribution in [3.8, 4) is 0 Å². The zero-order chi connectivity index (χ0) is 10.5. The third-order valence-electron chi connectivity index (χ3n) is 1.69. The molecule has 0 radical (unpaired) electrons. The largest absolute Gasteiger partial charge is 0.514 e. The quantitative estimate of drug-likeness (QED) is 0.654. The van der Waals surface area contributed by atoms with E-state index in [1.165, 1.54) is 40.0 Å². The molecule has 0 heterocycles. The molecular weight excluding hydrogens is 208 g/mol. The molecule has 0 fully saturated rings. The van der Waals surface area contributed by atoms with Crippen molar-refractivity contribution in [2.24, 2.45) is 0 Å². The van der Waals surface area contributed by atoms with Crippen molar-refractivity contribution in [1.29, 1.82) is 0 Å². The molecule has 0 N–H and O–H groups in total. The minimum atomic E-state index is -2.64. The van der Waals surface area contributed by atoms with Gasteiger partial charge in [-0.1, -0.05) is 11.8 Å². The molecule has 0 spiro atoms. The summed E-state index contributed by atoms with van der Waals surface area (Å²) in [4.78, 5) is 10.8. The Morgan fingerprint density at radius 2 is 1.62 bits per heavy atom. The van der Waals surface area contributed by atoms with E-state index >= 15 is 0 Å². The van der Waals surface area contributed by atoms with Crippen molar-refractivity contribution in [1.82, 2.24) is 0 Å². The summed E-state index contributed by atoms with van der Waals surface area (Å²) in [5.41, 5.74) is 0. The first-order valence-corrected chi connectivity index (χ1v) is 6.53. The van der Waals surface area contributed by atoms with E-state index in [2.05, 4.69) is 0 Å². The van der Waals surface area contributed by atoms with Crippen LogP contribution in [0.1, 0.15) is 13.8 Å². The van der Waals surface area contributed by atoms with Gasteiger partial charge in [-0.2, -0.15) is 0 Å². The van der Waals surface area contributed by atoms with Crippen molar-refractivity contribution in [2.45, 2.75) is 18.7 Å². The van der Waals surface area contributed by atoms with Gasteiger partial charge in [0, 0.05) is 28.3 Å². The number of thioether (sulfide) groups is 1. The maximum atomic E-state index is 10.9. The summed E-state index contributed by atoms with van der Waals surface area (Å²) >= 11 is 1.18. The number of hydrogen-bond donors (Lipinski definition) is 0. The number of rotatable bonds is 5. The monoisotopic (exact) mass is 224 g/mol. The van der Waals surface area contributed by atoms with Gasteiger partial charge in [-0.15, -0.1) is 0 Å². The van der Waals surface area contributed by atoms with Crippen LogP contribution < -0.4 is 0 Å². The van der Waals surface area contributed by atoms with Crippen molar-refractivity contribution < 1.29 is 18.1 Å². The molecule has 0 aliphatic heterocycles. The second-order valence-corrected chi connectivity index (χ2v) is 7.70. The van der Waals surface area contributed by atoms with Crippen LogP contribution in [0.5, 0.6) is 0 Å². The molecule has 0 saturated carbocycles. The highest BCUT2D eigenvalue weighted by Gasteiger charge is 2.45. The predicted molar refractivity (Wildman–Crippen MR) is 54.5 cm³/mol.